The van der Waals surface area contributed by atoms with Crippen LogP contribution in [0.4, 0.5) is 0 Å². The summed E-state index contributed by atoms with van der Waals surface area (Å²) in [4.78, 5) is 11.3. The second-order valence-corrected chi connectivity index (χ2v) is 4.48. The van der Waals surface area contributed by atoms with Crippen LogP contribution in [0, 0.1) is 13.8 Å². The van der Waals surface area contributed by atoms with Gasteiger partial charge in [0, 0.05) is 12.6 Å². The maximum atomic E-state index is 11.3. The van der Waals surface area contributed by atoms with Gasteiger partial charge in [-0.3, -0.25) is 4.68 Å². The monoisotopic (exact) mass is 260 g/mol. The Balaban J connectivity index is 2.64. The zero-order valence-corrected chi connectivity index (χ0v) is 11.4. The van der Waals surface area contributed by atoms with Crippen LogP contribution in [0.25, 0.3) is 11.1 Å². The van der Waals surface area contributed by atoms with Crippen molar-refractivity contribution in [3.05, 3.63) is 35.2 Å². The first kappa shape index (κ1) is 13.1. The van der Waals surface area contributed by atoms with Gasteiger partial charge >= 0.3 is 5.97 Å². The lowest BCUT2D eigenvalue weighted by Gasteiger charge is -2.11. The van der Waals surface area contributed by atoms with Crippen LogP contribution in [0.1, 0.15) is 21.6 Å². The van der Waals surface area contributed by atoms with Crippen LogP contribution in [0.5, 0.6) is 5.75 Å². The molecular formula is C14H16N2O3. The van der Waals surface area contributed by atoms with E-state index < -0.39 is 5.97 Å². The highest BCUT2D eigenvalue weighted by Crippen LogP contribution is 2.31. The molecule has 0 bridgehead atoms. The summed E-state index contributed by atoms with van der Waals surface area (Å²) in [5, 5.41) is 13.3. The first-order valence-electron chi connectivity index (χ1n) is 5.86. The lowest BCUT2D eigenvalue weighted by atomic mass is 10.00. The Morgan fingerprint density at radius 2 is 1.89 bits per heavy atom. The Bertz CT molecular complexity index is 621. The second kappa shape index (κ2) is 4.76. The van der Waals surface area contributed by atoms with E-state index in [1.54, 1.807) is 20.4 Å². The van der Waals surface area contributed by atoms with E-state index in [4.69, 9.17) is 4.74 Å². The van der Waals surface area contributed by atoms with Gasteiger partial charge in [-0.15, -0.1) is 0 Å². The number of hydrogen-bond acceptors (Lipinski definition) is 3. The zero-order valence-electron chi connectivity index (χ0n) is 11.4. The van der Waals surface area contributed by atoms with Gasteiger partial charge in [-0.2, -0.15) is 5.10 Å². The third kappa shape index (κ3) is 2.19. The second-order valence-electron chi connectivity index (χ2n) is 4.48. The average Bonchev–Trinajstić information content (AvgIpc) is 2.70. The molecule has 0 saturated carbocycles. The van der Waals surface area contributed by atoms with Crippen molar-refractivity contribution < 1.29 is 14.6 Å². The first-order chi connectivity index (χ1) is 8.95. The van der Waals surface area contributed by atoms with Crippen molar-refractivity contribution in [3.8, 4) is 16.9 Å². The van der Waals surface area contributed by atoms with E-state index >= 15 is 0 Å². The smallest absolute Gasteiger partial charge is 0.354 e. The third-order valence-electron chi connectivity index (χ3n) is 3.12. The molecule has 1 N–H and O–H groups in total. The molecule has 0 aliphatic rings. The van der Waals surface area contributed by atoms with Crippen molar-refractivity contribution in [2.75, 3.05) is 7.11 Å². The molecule has 0 saturated heterocycles. The number of methoxy groups -OCH3 is 1. The van der Waals surface area contributed by atoms with Gasteiger partial charge in [0.25, 0.3) is 0 Å². The molecule has 5 heteroatoms. The van der Waals surface area contributed by atoms with Gasteiger partial charge < -0.3 is 9.84 Å². The molecule has 2 rings (SSSR count). The lowest BCUT2D eigenvalue weighted by molar-refractivity contribution is 0.0686. The van der Waals surface area contributed by atoms with Gasteiger partial charge in [0.2, 0.25) is 0 Å². The summed E-state index contributed by atoms with van der Waals surface area (Å²) in [6, 6.07) is 3.82. The number of aromatic carboxylic acids is 1. The van der Waals surface area contributed by atoms with Crippen molar-refractivity contribution >= 4 is 5.97 Å². The molecule has 19 heavy (non-hydrogen) atoms. The maximum absolute atomic E-state index is 11.3. The van der Waals surface area contributed by atoms with Gasteiger partial charge in [-0.1, -0.05) is 0 Å². The zero-order chi connectivity index (χ0) is 14.2. The van der Waals surface area contributed by atoms with Crippen LogP contribution in [0.2, 0.25) is 0 Å². The van der Waals surface area contributed by atoms with Gasteiger partial charge in [-0.05, 0) is 42.7 Å². The predicted molar refractivity (Wildman–Crippen MR) is 71.6 cm³/mol. The van der Waals surface area contributed by atoms with Crippen LogP contribution >= 0.6 is 0 Å². The largest absolute Gasteiger partial charge is 0.496 e. The van der Waals surface area contributed by atoms with E-state index in [2.05, 4.69) is 5.10 Å². The topological polar surface area (TPSA) is 64.4 Å². The van der Waals surface area contributed by atoms with E-state index in [9.17, 15) is 9.90 Å². The standard InChI is InChI=1S/C14H16N2O3/c1-8-5-10(6-9(2)13(8)19-4)11-7-15-16(3)12(11)14(17)18/h5-7H,1-4H3,(H,17,18). The molecule has 1 aromatic carbocycles. The van der Waals surface area contributed by atoms with Crippen molar-refractivity contribution in [2.24, 2.45) is 7.05 Å². The van der Waals surface area contributed by atoms with E-state index in [0.29, 0.717) is 5.56 Å². The number of hydrogen-bond donors (Lipinski definition) is 1. The molecule has 0 aliphatic carbocycles. The molecule has 1 aromatic heterocycles. The Hall–Kier alpha value is -2.30. The summed E-state index contributed by atoms with van der Waals surface area (Å²) in [5.41, 5.74) is 3.57. The third-order valence-corrected chi connectivity index (χ3v) is 3.12. The van der Waals surface area contributed by atoms with Crippen LogP contribution in [-0.4, -0.2) is 28.0 Å². The number of carbonyl (C=O) groups is 1. The summed E-state index contributed by atoms with van der Waals surface area (Å²) in [6.07, 6.45) is 1.57. The van der Waals surface area contributed by atoms with Gasteiger partial charge in [-0.25, -0.2) is 4.79 Å². The van der Waals surface area contributed by atoms with Crippen LogP contribution in [0.15, 0.2) is 18.3 Å². The summed E-state index contributed by atoms with van der Waals surface area (Å²) in [5.74, 6) is -0.161. The molecule has 0 radical (unpaired) electrons. The number of benzene rings is 1. The molecule has 2 aromatic rings. The SMILES string of the molecule is COc1c(C)cc(-c2cnn(C)c2C(=O)O)cc1C. The highest BCUT2D eigenvalue weighted by Gasteiger charge is 2.18. The molecular weight excluding hydrogens is 244 g/mol. The number of aromatic nitrogens is 2. The van der Waals surface area contributed by atoms with Gasteiger partial charge in [0.15, 0.2) is 5.69 Å². The quantitative estimate of drug-likeness (QED) is 0.920. The minimum Gasteiger partial charge on any atom is -0.496 e. The summed E-state index contributed by atoms with van der Waals surface area (Å²) >= 11 is 0. The lowest BCUT2D eigenvalue weighted by Crippen LogP contribution is -2.06. The Kier molecular flexibility index (Phi) is 3.29. The Labute approximate surface area is 111 Å². The average molecular weight is 260 g/mol. The minimum atomic E-state index is -0.985. The number of aryl methyl sites for hydroxylation is 3. The molecule has 1 heterocycles. The molecule has 0 unspecified atom stereocenters. The van der Waals surface area contributed by atoms with E-state index in [1.807, 2.05) is 26.0 Å². The predicted octanol–water partition coefficient (Wildman–Crippen LogP) is 2.41. The van der Waals surface area contributed by atoms with Crippen molar-refractivity contribution in [1.29, 1.82) is 0 Å². The first-order valence-corrected chi connectivity index (χ1v) is 5.86. The fourth-order valence-corrected chi connectivity index (χ4v) is 2.33. The van der Waals surface area contributed by atoms with Crippen LogP contribution in [-0.2, 0) is 7.05 Å². The molecule has 5 nitrogen and oxygen atoms in total. The number of carboxylic acid groups (broad SMARTS) is 1. The molecule has 0 fully saturated rings. The van der Waals surface area contributed by atoms with Crippen LogP contribution in [0.3, 0.4) is 0 Å². The van der Waals surface area contributed by atoms with Gasteiger partial charge in [0.05, 0.1) is 13.3 Å². The molecule has 100 valence electrons. The van der Waals surface area contributed by atoms with Crippen molar-refractivity contribution in [2.45, 2.75) is 13.8 Å². The summed E-state index contributed by atoms with van der Waals surface area (Å²) < 4.78 is 6.68. The van der Waals surface area contributed by atoms with Crippen LogP contribution < -0.4 is 4.74 Å². The van der Waals surface area contributed by atoms with Crippen molar-refractivity contribution in [3.63, 3.8) is 0 Å². The molecule has 0 spiro atoms. The fraction of sp³-hybridized carbons (Fsp3) is 0.286. The number of rotatable bonds is 3. The Morgan fingerprint density at radius 3 is 2.37 bits per heavy atom. The van der Waals surface area contributed by atoms with E-state index in [-0.39, 0.29) is 5.69 Å². The fourth-order valence-electron chi connectivity index (χ4n) is 2.33. The van der Waals surface area contributed by atoms with Gasteiger partial charge in [0.1, 0.15) is 5.75 Å². The normalized spacial score (nSPS) is 10.5. The summed E-state index contributed by atoms with van der Waals surface area (Å²) in [7, 11) is 3.25. The number of ether oxygens (including phenoxy) is 1. The maximum Gasteiger partial charge on any atom is 0.354 e. The molecule has 0 atom stereocenters. The van der Waals surface area contributed by atoms with Crippen molar-refractivity contribution in [1.82, 2.24) is 9.78 Å². The van der Waals surface area contributed by atoms with E-state index in [0.717, 1.165) is 22.4 Å². The van der Waals surface area contributed by atoms with E-state index in [1.165, 1.54) is 4.68 Å². The summed E-state index contributed by atoms with van der Waals surface area (Å²) in [6.45, 7) is 3.87. The minimum absolute atomic E-state index is 0.184. The highest BCUT2D eigenvalue weighted by atomic mass is 16.5. The molecule has 0 aliphatic heterocycles. The Morgan fingerprint density at radius 1 is 1.32 bits per heavy atom. The molecule has 0 amide bonds. The highest BCUT2D eigenvalue weighted by molar-refractivity contribution is 5.94. The number of carboxylic acids is 1. The number of nitrogens with zero attached hydrogens (tertiary/aromatic N) is 2.